The third kappa shape index (κ3) is 4.09. The monoisotopic (exact) mass is 378 g/mol. The summed E-state index contributed by atoms with van der Waals surface area (Å²) in [6.07, 6.45) is 1.31. The molecule has 0 aliphatic carbocycles. The van der Waals surface area contributed by atoms with Crippen LogP contribution in [0.25, 0.3) is 0 Å². The number of anilines is 1. The molecule has 0 radical (unpaired) electrons. The van der Waals surface area contributed by atoms with Gasteiger partial charge in [-0.05, 0) is 50.6 Å². The van der Waals surface area contributed by atoms with Crippen LogP contribution >= 0.6 is 0 Å². The maximum atomic E-state index is 12.6. The third-order valence-electron chi connectivity index (χ3n) is 5.67. The van der Waals surface area contributed by atoms with Crippen LogP contribution in [0.2, 0.25) is 0 Å². The fourth-order valence-corrected chi connectivity index (χ4v) is 4.13. The van der Waals surface area contributed by atoms with Crippen molar-refractivity contribution in [1.29, 1.82) is 0 Å². The summed E-state index contributed by atoms with van der Waals surface area (Å²) in [5, 5.41) is 0. The van der Waals surface area contributed by atoms with Crippen LogP contribution in [0.15, 0.2) is 54.6 Å². The minimum absolute atomic E-state index is 0.0913. The predicted molar refractivity (Wildman–Crippen MR) is 109 cm³/mol. The molecule has 2 aliphatic heterocycles. The van der Waals surface area contributed by atoms with Crippen LogP contribution in [0.5, 0.6) is 0 Å². The molecule has 5 heteroatoms. The first-order valence-electron chi connectivity index (χ1n) is 9.96. The molecule has 1 unspecified atom stereocenters. The van der Waals surface area contributed by atoms with Crippen molar-refractivity contribution in [3.63, 3.8) is 0 Å². The zero-order valence-electron chi connectivity index (χ0n) is 16.2. The van der Waals surface area contributed by atoms with Gasteiger partial charge in [-0.25, -0.2) is 4.79 Å². The van der Waals surface area contributed by atoms with Crippen LogP contribution in [0.4, 0.5) is 10.5 Å². The number of nitrogens with zero attached hydrogens (tertiary/aromatic N) is 2. The normalized spacial score (nSPS) is 21.0. The maximum Gasteiger partial charge on any atom is 0.414 e. The number of hydrogen-bond acceptors (Lipinski definition) is 4. The van der Waals surface area contributed by atoms with Gasteiger partial charge in [0.05, 0.1) is 6.54 Å². The number of amides is 1. The van der Waals surface area contributed by atoms with Gasteiger partial charge in [0.15, 0.2) is 5.78 Å². The quantitative estimate of drug-likeness (QED) is 0.740. The number of carbonyl (C=O) groups is 2. The molecule has 2 saturated heterocycles. The Hall–Kier alpha value is -2.66. The fraction of sp³-hybridized carbons (Fsp3) is 0.391. The minimum atomic E-state index is -0.273. The molecule has 1 amide bonds. The van der Waals surface area contributed by atoms with E-state index >= 15 is 0 Å². The summed E-state index contributed by atoms with van der Waals surface area (Å²) >= 11 is 0. The first-order chi connectivity index (χ1) is 13.6. The van der Waals surface area contributed by atoms with Gasteiger partial charge in [-0.3, -0.25) is 14.6 Å². The largest absolute Gasteiger partial charge is 0.443 e. The molecule has 5 nitrogen and oxygen atoms in total. The van der Waals surface area contributed by atoms with Crippen molar-refractivity contribution in [2.75, 3.05) is 31.1 Å². The second-order valence-electron chi connectivity index (χ2n) is 7.76. The molecule has 2 aromatic rings. The van der Waals surface area contributed by atoms with E-state index in [9.17, 15) is 9.59 Å². The van der Waals surface area contributed by atoms with E-state index in [-0.39, 0.29) is 23.9 Å². The van der Waals surface area contributed by atoms with E-state index in [1.165, 1.54) is 0 Å². The summed E-state index contributed by atoms with van der Waals surface area (Å²) in [6, 6.07) is 17.5. The average molecular weight is 378 g/mol. The molecule has 2 fully saturated rings. The van der Waals surface area contributed by atoms with Crippen LogP contribution in [0.3, 0.4) is 0 Å². The summed E-state index contributed by atoms with van der Waals surface area (Å²) in [6.45, 7) is 5.04. The number of aryl methyl sites for hydroxylation is 1. The van der Waals surface area contributed by atoms with Crippen molar-refractivity contribution < 1.29 is 14.3 Å². The van der Waals surface area contributed by atoms with Gasteiger partial charge < -0.3 is 4.74 Å². The van der Waals surface area contributed by atoms with Crippen LogP contribution in [-0.4, -0.2) is 49.1 Å². The van der Waals surface area contributed by atoms with Gasteiger partial charge in [0.25, 0.3) is 0 Å². The Kier molecular flexibility index (Phi) is 5.44. The molecule has 1 atom stereocenters. The van der Waals surface area contributed by atoms with Crippen LogP contribution in [0.1, 0.15) is 28.8 Å². The van der Waals surface area contributed by atoms with E-state index in [2.05, 4.69) is 4.90 Å². The number of hydrogen-bond donors (Lipinski definition) is 0. The van der Waals surface area contributed by atoms with Crippen LogP contribution < -0.4 is 4.90 Å². The van der Waals surface area contributed by atoms with Crippen molar-refractivity contribution in [2.45, 2.75) is 25.9 Å². The highest BCUT2D eigenvalue weighted by atomic mass is 16.6. The van der Waals surface area contributed by atoms with Crippen molar-refractivity contribution >= 4 is 17.6 Å². The molecule has 2 aliphatic rings. The number of carbonyl (C=O) groups excluding carboxylic acids is 2. The van der Waals surface area contributed by atoms with Crippen LogP contribution in [0, 0.1) is 12.8 Å². The summed E-state index contributed by atoms with van der Waals surface area (Å²) in [5.74, 6) is 0.340. The lowest BCUT2D eigenvalue weighted by molar-refractivity contribution is 0.0750. The number of cyclic esters (lactones) is 1. The first kappa shape index (κ1) is 18.7. The summed E-state index contributed by atoms with van der Waals surface area (Å²) in [4.78, 5) is 28.9. The summed E-state index contributed by atoms with van der Waals surface area (Å²) < 4.78 is 5.59. The first-order valence-corrected chi connectivity index (χ1v) is 9.96. The maximum absolute atomic E-state index is 12.6. The van der Waals surface area contributed by atoms with Gasteiger partial charge in [-0.15, -0.1) is 0 Å². The van der Waals surface area contributed by atoms with E-state index < -0.39 is 0 Å². The Balaban J connectivity index is 1.29. The Bertz CT molecular complexity index is 844. The lowest BCUT2D eigenvalue weighted by atomic mass is 9.89. The van der Waals surface area contributed by atoms with Crippen LogP contribution in [-0.2, 0) is 4.74 Å². The van der Waals surface area contributed by atoms with E-state index in [1.54, 1.807) is 4.90 Å². The topological polar surface area (TPSA) is 49.9 Å². The summed E-state index contributed by atoms with van der Waals surface area (Å²) in [5.41, 5.74) is 2.82. The average Bonchev–Trinajstić information content (AvgIpc) is 3.09. The van der Waals surface area contributed by atoms with Crippen molar-refractivity contribution in [1.82, 2.24) is 4.90 Å². The number of Topliss-reactive ketones (excluding diaryl/α,β-unsaturated/α-hetero) is 1. The van der Waals surface area contributed by atoms with Crippen molar-refractivity contribution in [3.8, 4) is 0 Å². The smallest absolute Gasteiger partial charge is 0.414 e. The molecule has 146 valence electrons. The number of ether oxygens (including phenoxy) is 1. The molecule has 0 saturated carbocycles. The number of likely N-dealkylation sites (tertiary alicyclic amines) is 1. The molecule has 0 N–H and O–H groups in total. The molecule has 0 spiro atoms. The third-order valence-corrected chi connectivity index (χ3v) is 5.67. The molecule has 2 heterocycles. The number of benzene rings is 2. The molecule has 0 bridgehead atoms. The van der Waals surface area contributed by atoms with E-state index in [4.69, 9.17) is 4.74 Å². The zero-order valence-corrected chi connectivity index (χ0v) is 16.2. The zero-order chi connectivity index (χ0) is 19.5. The van der Waals surface area contributed by atoms with Gasteiger partial charge in [-0.2, -0.15) is 0 Å². The molecule has 0 aromatic heterocycles. The van der Waals surface area contributed by atoms with Crippen molar-refractivity contribution in [3.05, 3.63) is 65.7 Å². The highest BCUT2D eigenvalue weighted by Gasteiger charge is 2.35. The van der Waals surface area contributed by atoms with E-state index in [0.717, 1.165) is 49.3 Å². The fourth-order valence-electron chi connectivity index (χ4n) is 4.13. The Labute approximate surface area is 165 Å². The number of ketones is 1. The van der Waals surface area contributed by atoms with Crippen molar-refractivity contribution in [2.24, 2.45) is 5.92 Å². The highest BCUT2D eigenvalue weighted by molar-refractivity contribution is 5.97. The van der Waals surface area contributed by atoms with Gasteiger partial charge in [0.1, 0.15) is 6.10 Å². The van der Waals surface area contributed by atoms with Gasteiger partial charge in [0.2, 0.25) is 0 Å². The lowest BCUT2D eigenvalue weighted by Crippen LogP contribution is -2.41. The highest BCUT2D eigenvalue weighted by Crippen LogP contribution is 2.25. The number of rotatable bonds is 5. The molecule has 28 heavy (non-hydrogen) atoms. The Morgan fingerprint density at radius 3 is 2.54 bits per heavy atom. The summed E-state index contributed by atoms with van der Waals surface area (Å²) in [7, 11) is 0. The van der Waals surface area contributed by atoms with Gasteiger partial charge in [0, 0.05) is 23.7 Å². The lowest BCUT2D eigenvalue weighted by Gasteiger charge is -2.32. The van der Waals surface area contributed by atoms with E-state index in [0.29, 0.717) is 6.54 Å². The second kappa shape index (κ2) is 8.15. The standard InChI is InChI=1S/C23H26N2O3/c1-17-6-5-9-20(14-17)25-16-21(28-23(25)27)15-24-12-10-19(11-13-24)22(26)18-7-3-2-4-8-18/h2-9,14,19,21H,10-13,15-16H2,1H3. The second-order valence-corrected chi connectivity index (χ2v) is 7.76. The Morgan fingerprint density at radius 2 is 1.82 bits per heavy atom. The SMILES string of the molecule is Cc1cccc(N2CC(CN3CCC(C(=O)c4ccccc4)CC3)OC2=O)c1. The van der Waals surface area contributed by atoms with E-state index in [1.807, 2.05) is 61.5 Å². The number of piperidine rings is 1. The Morgan fingerprint density at radius 1 is 1.07 bits per heavy atom. The molecular weight excluding hydrogens is 352 g/mol. The van der Waals surface area contributed by atoms with Gasteiger partial charge >= 0.3 is 6.09 Å². The van der Waals surface area contributed by atoms with Gasteiger partial charge in [-0.1, -0.05) is 42.5 Å². The molecular formula is C23H26N2O3. The molecule has 4 rings (SSSR count). The minimum Gasteiger partial charge on any atom is -0.443 e. The predicted octanol–water partition coefficient (Wildman–Crippen LogP) is 3.92. The molecule has 2 aromatic carbocycles.